The summed E-state index contributed by atoms with van der Waals surface area (Å²) in [5.41, 5.74) is 1.21. The van der Waals surface area contributed by atoms with Crippen LogP contribution >= 0.6 is 0 Å². The van der Waals surface area contributed by atoms with E-state index in [4.69, 9.17) is 0 Å². The largest absolute Gasteiger partial charge is 0.379 e. The third-order valence-electron chi connectivity index (χ3n) is 4.82. The van der Waals surface area contributed by atoms with Crippen molar-refractivity contribution >= 4 is 34.4 Å². The van der Waals surface area contributed by atoms with E-state index in [1.54, 1.807) is 6.34 Å². The Morgan fingerprint density at radius 1 is 1.25 bits per heavy atom. The maximum atomic E-state index is 11.9. The smallest absolute Gasteiger partial charge is 0.334 e. The van der Waals surface area contributed by atoms with Crippen molar-refractivity contribution in [3.63, 3.8) is 0 Å². The first-order valence-electron chi connectivity index (χ1n) is 9.44. The van der Waals surface area contributed by atoms with Crippen molar-refractivity contribution in [2.24, 2.45) is 4.99 Å². The molecule has 9 heteroatoms. The zero-order valence-electron chi connectivity index (χ0n) is 16.5. The van der Waals surface area contributed by atoms with Gasteiger partial charge in [-0.3, -0.25) is 15.1 Å². The number of nitrogens with one attached hydrogen (secondary N) is 3. The van der Waals surface area contributed by atoms with Crippen molar-refractivity contribution in [1.82, 2.24) is 15.2 Å². The van der Waals surface area contributed by atoms with Crippen molar-refractivity contribution in [3.05, 3.63) is 34.4 Å². The molecule has 1 aliphatic rings. The minimum Gasteiger partial charge on any atom is -0.379 e. The molecule has 9 nitrogen and oxygen atoms in total. The molecule has 1 aromatic heterocycles. The fourth-order valence-electron chi connectivity index (χ4n) is 3.25. The van der Waals surface area contributed by atoms with E-state index in [1.807, 2.05) is 43.3 Å². The molecule has 0 fully saturated rings. The number of para-hydroxylation sites is 1. The molecule has 3 N–H and O–H groups in total. The molecular formula is C19H27N7O2. The number of anilines is 2. The highest BCUT2D eigenvalue weighted by molar-refractivity contribution is 5.99. The van der Waals surface area contributed by atoms with Crippen LogP contribution < -0.4 is 16.0 Å². The van der Waals surface area contributed by atoms with Crippen LogP contribution in [0.3, 0.4) is 0 Å². The maximum absolute atomic E-state index is 11.9. The molecular weight excluding hydrogens is 358 g/mol. The summed E-state index contributed by atoms with van der Waals surface area (Å²) in [7, 11) is 3.91. The lowest BCUT2D eigenvalue weighted by atomic mass is 10.1. The number of likely N-dealkylation sites (N-methyl/N-ethyl adjacent to an activating group) is 1. The molecule has 0 saturated carbocycles. The van der Waals surface area contributed by atoms with Crippen LogP contribution in [0.15, 0.2) is 29.3 Å². The highest BCUT2D eigenvalue weighted by atomic mass is 16.6. The molecule has 0 bridgehead atoms. The molecule has 0 amide bonds. The minimum absolute atomic E-state index is 0.0152. The van der Waals surface area contributed by atoms with Gasteiger partial charge in [-0.15, -0.1) is 0 Å². The number of aromatic nitrogens is 1. The van der Waals surface area contributed by atoms with Crippen molar-refractivity contribution in [2.45, 2.75) is 25.4 Å². The van der Waals surface area contributed by atoms with Gasteiger partial charge in [0, 0.05) is 31.1 Å². The van der Waals surface area contributed by atoms with E-state index in [0.29, 0.717) is 24.6 Å². The molecule has 2 atom stereocenters. The standard InChI is InChI=1S/C19H27N7O2/c1-13-15(23-12-22-13)8-9-20-17-14-6-4-5-7-16(14)24-19(18(17)26(27)28)21-10-11-25(2)3/h4-7,12-13,15H,8-11H2,1-3H3,(H,22,23)(H2,20,21,24). The predicted octanol–water partition coefficient (Wildman–Crippen LogP) is 2.31. The summed E-state index contributed by atoms with van der Waals surface area (Å²) in [6, 6.07) is 7.92. The lowest BCUT2D eigenvalue weighted by Gasteiger charge is -2.17. The Labute approximate surface area is 164 Å². The predicted molar refractivity (Wildman–Crippen MR) is 113 cm³/mol. The topological polar surface area (TPSA) is 108 Å². The van der Waals surface area contributed by atoms with Crippen molar-refractivity contribution in [3.8, 4) is 0 Å². The normalized spacial score (nSPS) is 18.4. The lowest BCUT2D eigenvalue weighted by Crippen LogP contribution is -2.29. The highest BCUT2D eigenvalue weighted by Gasteiger charge is 2.25. The van der Waals surface area contributed by atoms with Gasteiger partial charge in [0.05, 0.1) is 22.8 Å². The number of aliphatic imine (C=N–C) groups is 1. The van der Waals surface area contributed by atoms with Crippen molar-refractivity contribution in [1.29, 1.82) is 0 Å². The monoisotopic (exact) mass is 385 g/mol. The molecule has 1 aliphatic heterocycles. The Hall–Kier alpha value is -2.94. The van der Waals surface area contributed by atoms with Crippen LogP contribution in [0.1, 0.15) is 13.3 Å². The van der Waals surface area contributed by atoms with Gasteiger partial charge in [-0.25, -0.2) is 4.98 Å². The fourth-order valence-corrected chi connectivity index (χ4v) is 3.25. The van der Waals surface area contributed by atoms with Gasteiger partial charge in [0.15, 0.2) is 0 Å². The fraction of sp³-hybridized carbons (Fsp3) is 0.474. The Balaban J connectivity index is 1.89. The van der Waals surface area contributed by atoms with Gasteiger partial charge in [-0.1, -0.05) is 18.2 Å². The Morgan fingerprint density at radius 3 is 2.71 bits per heavy atom. The van der Waals surface area contributed by atoms with Gasteiger partial charge in [0.2, 0.25) is 5.82 Å². The van der Waals surface area contributed by atoms with Crippen molar-refractivity contribution < 1.29 is 4.92 Å². The van der Waals surface area contributed by atoms with Gasteiger partial charge in [-0.05, 0) is 33.5 Å². The molecule has 0 radical (unpaired) electrons. The zero-order chi connectivity index (χ0) is 20.1. The molecule has 150 valence electrons. The van der Waals surface area contributed by atoms with E-state index >= 15 is 0 Å². The number of pyridine rings is 1. The number of hydrogen-bond donors (Lipinski definition) is 3. The van der Waals surface area contributed by atoms with Gasteiger partial charge in [0.25, 0.3) is 0 Å². The number of benzene rings is 1. The molecule has 2 heterocycles. The van der Waals surface area contributed by atoms with E-state index in [0.717, 1.165) is 23.9 Å². The van der Waals surface area contributed by atoms with Crippen molar-refractivity contribution in [2.75, 3.05) is 44.4 Å². The third kappa shape index (κ3) is 4.48. The average Bonchev–Trinajstić information content (AvgIpc) is 3.06. The Bertz CT molecular complexity index is 869. The second-order valence-electron chi connectivity index (χ2n) is 7.20. The number of rotatable bonds is 9. The van der Waals surface area contributed by atoms with E-state index in [2.05, 4.69) is 32.9 Å². The van der Waals surface area contributed by atoms with Gasteiger partial charge in [0.1, 0.15) is 5.69 Å². The van der Waals surface area contributed by atoms with Crippen LogP contribution in [-0.4, -0.2) is 67.0 Å². The molecule has 2 unspecified atom stereocenters. The number of hydrogen-bond acceptors (Lipinski definition) is 8. The molecule has 2 aromatic rings. The highest BCUT2D eigenvalue weighted by Crippen LogP contribution is 2.37. The summed E-state index contributed by atoms with van der Waals surface area (Å²) in [4.78, 5) is 22.5. The van der Waals surface area contributed by atoms with E-state index in [9.17, 15) is 10.1 Å². The third-order valence-corrected chi connectivity index (χ3v) is 4.82. The lowest BCUT2D eigenvalue weighted by molar-refractivity contribution is -0.383. The number of nitrogens with zero attached hydrogens (tertiary/aromatic N) is 4. The van der Waals surface area contributed by atoms with Crippen LogP contribution in [0.25, 0.3) is 10.9 Å². The first-order chi connectivity index (χ1) is 13.5. The Kier molecular flexibility index (Phi) is 6.25. The summed E-state index contributed by atoms with van der Waals surface area (Å²) >= 11 is 0. The number of fused-ring (bicyclic) bond motifs is 1. The van der Waals surface area contributed by atoms with Crippen LogP contribution in [0.2, 0.25) is 0 Å². The SMILES string of the molecule is CC1NC=NC1CCNc1c([N+](=O)[O-])c(NCCN(C)C)nc2ccccc12. The summed E-state index contributed by atoms with van der Waals surface area (Å²) in [5, 5.41) is 22.2. The average molecular weight is 385 g/mol. The van der Waals surface area contributed by atoms with Crippen LogP contribution in [-0.2, 0) is 0 Å². The van der Waals surface area contributed by atoms with Crippen LogP contribution in [0, 0.1) is 10.1 Å². The second kappa shape index (κ2) is 8.83. The van der Waals surface area contributed by atoms with Gasteiger partial charge >= 0.3 is 5.69 Å². The molecule has 1 aromatic carbocycles. The molecule has 3 rings (SSSR count). The first-order valence-corrected chi connectivity index (χ1v) is 9.44. The van der Waals surface area contributed by atoms with E-state index in [1.165, 1.54) is 0 Å². The zero-order valence-corrected chi connectivity index (χ0v) is 16.5. The van der Waals surface area contributed by atoms with E-state index in [-0.39, 0.29) is 22.7 Å². The minimum atomic E-state index is -0.363. The summed E-state index contributed by atoms with van der Waals surface area (Å²) in [6.45, 7) is 3.98. The van der Waals surface area contributed by atoms with Gasteiger partial charge < -0.3 is 20.9 Å². The molecule has 0 saturated heterocycles. The Morgan fingerprint density at radius 2 is 2.04 bits per heavy atom. The first kappa shape index (κ1) is 19.8. The number of nitro groups is 1. The second-order valence-corrected chi connectivity index (χ2v) is 7.20. The molecule has 0 aliphatic carbocycles. The van der Waals surface area contributed by atoms with Crippen LogP contribution in [0.4, 0.5) is 17.2 Å². The summed E-state index contributed by atoms with van der Waals surface area (Å²) in [5.74, 6) is 0.293. The summed E-state index contributed by atoms with van der Waals surface area (Å²) < 4.78 is 0. The molecule has 28 heavy (non-hydrogen) atoms. The quantitative estimate of drug-likeness (QED) is 0.449. The molecule has 0 spiro atoms. The van der Waals surface area contributed by atoms with E-state index < -0.39 is 0 Å². The van der Waals surface area contributed by atoms with Crippen LogP contribution in [0.5, 0.6) is 0 Å². The maximum Gasteiger partial charge on any atom is 0.334 e. The van der Waals surface area contributed by atoms with Gasteiger partial charge in [-0.2, -0.15) is 0 Å². The summed E-state index contributed by atoms with van der Waals surface area (Å²) in [6.07, 6.45) is 2.51.